The third-order valence-electron chi connectivity index (χ3n) is 11.7. The average molecular weight is 682 g/mol. The first-order valence-corrected chi connectivity index (χ1v) is 19.5. The fourth-order valence-corrected chi connectivity index (χ4v) is 12.1. The molecule has 3 aliphatic heterocycles. The van der Waals surface area contributed by atoms with Crippen molar-refractivity contribution in [3.8, 4) is 17.0 Å². The van der Waals surface area contributed by atoms with E-state index in [4.69, 9.17) is 4.74 Å². The molecule has 1 aromatic heterocycles. The van der Waals surface area contributed by atoms with Crippen LogP contribution in [0.5, 0.6) is 5.75 Å². The SMILES string of the molecule is COc1ccc2c(c1)C1CC1(S(=O)(=O)N1CC3C[C@@H]1CN3C)Cn1c-2c(C2CCCCC2)c2ccc(C(=O)NS(=O)(=O)N(C)C)cc21. The number of sulfonamides is 1. The van der Waals surface area contributed by atoms with E-state index in [1.54, 1.807) is 23.5 Å². The molecule has 2 saturated heterocycles. The van der Waals surface area contributed by atoms with Gasteiger partial charge in [-0.15, -0.1) is 0 Å². The molecule has 2 aromatic carbocycles. The standard InChI is InChI=1S/C34H43N5O6S2/c1-36(2)47(43,44)35-33(40)22-10-12-27-30(14-22)38-20-34(46(41,42)39-19-23-15-24(39)18-37(23)3)17-29(34)28-16-25(45-4)11-13-26(28)32(38)31(27)21-8-6-5-7-9-21/h10-14,16,21,23-24,29H,5-9,15,17-20H2,1-4H3,(H,35,40)/t23?,24-,29?,34?/m1/s1. The number of hydrogen-bond donors (Lipinski definition) is 1. The normalized spacial score (nSPS) is 27.8. The first-order chi connectivity index (χ1) is 22.4. The molecule has 3 aromatic rings. The number of likely N-dealkylation sites (N-methyl/N-ethyl adjacent to an activating group) is 1. The Kier molecular flexibility index (Phi) is 7.17. The minimum Gasteiger partial charge on any atom is -0.497 e. The van der Waals surface area contributed by atoms with Crippen molar-refractivity contribution in [3.05, 3.63) is 53.1 Å². The van der Waals surface area contributed by atoms with Crippen LogP contribution in [0.1, 0.15) is 78.3 Å². The monoisotopic (exact) mass is 681 g/mol. The van der Waals surface area contributed by atoms with Gasteiger partial charge in [0.15, 0.2) is 0 Å². The van der Waals surface area contributed by atoms with Crippen LogP contribution in [0.2, 0.25) is 0 Å². The fourth-order valence-electron chi connectivity index (χ4n) is 9.06. The van der Waals surface area contributed by atoms with Gasteiger partial charge in [-0.1, -0.05) is 25.3 Å². The van der Waals surface area contributed by atoms with Crippen LogP contribution in [0.3, 0.4) is 0 Å². The van der Waals surface area contributed by atoms with Crippen molar-refractivity contribution < 1.29 is 26.4 Å². The summed E-state index contributed by atoms with van der Waals surface area (Å²) in [5.41, 5.74) is 5.22. The Balaban J connectivity index is 1.34. The summed E-state index contributed by atoms with van der Waals surface area (Å²) in [6.45, 7) is 1.52. The molecule has 4 atom stereocenters. The van der Waals surface area contributed by atoms with Crippen molar-refractivity contribution in [2.24, 2.45) is 0 Å². The first kappa shape index (κ1) is 31.3. The molecule has 4 heterocycles. The second-order valence-electron chi connectivity index (χ2n) is 14.5. The number of piperazine rings is 1. The quantitative estimate of drug-likeness (QED) is 0.402. The summed E-state index contributed by atoms with van der Waals surface area (Å²) in [5, 5.41) is 0.995. The molecular formula is C34H43N5O6S2. The van der Waals surface area contributed by atoms with Crippen molar-refractivity contribution >= 4 is 37.0 Å². The molecule has 0 spiro atoms. The zero-order valence-electron chi connectivity index (χ0n) is 27.4. The van der Waals surface area contributed by atoms with Gasteiger partial charge in [0.25, 0.3) is 5.91 Å². The number of rotatable bonds is 7. The van der Waals surface area contributed by atoms with Crippen LogP contribution < -0.4 is 9.46 Å². The zero-order valence-corrected chi connectivity index (χ0v) is 29.0. The fraction of sp³-hybridized carbons (Fsp3) is 0.559. The zero-order chi connectivity index (χ0) is 33.0. The Bertz CT molecular complexity index is 2020. The van der Waals surface area contributed by atoms with Gasteiger partial charge in [-0.05, 0) is 80.1 Å². The van der Waals surface area contributed by atoms with Crippen molar-refractivity contribution in [1.29, 1.82) is 0 Å². The van der Waals surface area contributed by atoms with Crippen LogP contribution in [0.25, 0.3) is 22.2 Å². The molecule has 252 valence electrons. The minimum absolute atomic E-state index is 0.0220. The average Bonchev–Trinajstić information content (AvgIpc) is 3.31. The molecule has 47 heavy (non-hydrogen) atoms. The lowest BCUT2D eigenvalue weighted by Gasteiger charge is -2.34. The Labute approximate surface area is 277 Å². The van der Waals surface area contributed by atoms with Gasteiger partial charge in [-0.2, -0.15) is 17.0 Å². The van der Waals surface area contributed by atoms with Crippen molar-refractivity contribution in [1.82, 2.24) is 22.8 Å². The van der Waals surface area contributed by atoms with Gasteiger partial charge in [0.2, 0.25) is 10.0 Å². The summed E-state index contributed by atoms with van der Waals surface area (Å²) < 4.78 is 66.7. The largest absolute Gasteiger partial charge is 0.497 e. The molecule has 4 fully saturated rings. The number of ether oxygens (including phenoxy) is 1. The summed E-state index contributed by atoms with van der Waals surface area (Å²) in [6, 6.07) is 11.7. The number of amides is 1. The lowest BCUT2D eigenvalue weighted by Crippen LogP contribution is -2.52. The van der Waals surface area contributed by atoms with Crippen molar-refractivity contribution in [3.63, 3.8) is 0 Å². The second-order valence-corrected chi connectivity index (χ2v) is 18.6. The van der Waals surface area contributed by atoms with Crippen LogP contribution in [0, 0.1) is 0 Å². The van der Waals surface area contributed by atoms with Gasteiger partial charge in [0.05, 0.1) is 12.8 Å². The highest BCUT2D eigenvalue weighted by Gasteiger charge is 2.69. The Hall–Kier alpha value is -2.97. The van der Waals surface area contributed by atoms with E-state index in [2.05, 4.69) is 27.3 Å². The predicted octanol–water partition coefficient (Wildman–Crippen LogP) is 3.86. The summed E-state index contributed by atoms with van der Waals surface area (Å²) in [4.78, 5) is 15.6. The highest BCUT2D eigenvalue weighted by Crippen LogP contribution is 2.64. The molecule has 5 aliphatic rings. The van der Waals surface area contributed by atoms with E-state index in [1.807, 2.05) is 18.2 Å². The number of nitrogens with zero attached hydrogens (tertiary/aromatic N) is 4. The van der Waals surface area contributed by atoms with E-state index in [0.29, 0.717) is 18.7 Å². The third-order valence-corrected chi connectivity index (χ3v) is 15.8. The maximum atomic E-state index is 14.9. The number of benzene rings is 2. The summed E-state index contributed by atoms with van der Waals surface area (Å²) in [7, 11) is -1.29. The van der Waals surface area contributed by atoms with Gasteiger partial charge in [0.1, 0.15) is 10.5 Å². The van der Waals surface area contributed by atoms with Crippen LogP contribution in [-0.4, -0.2) is 99.0 Å². The molecule has 0 radical (unpaired) electrons. The van der Waals surface area contributed by atoms with Crippen molar-refractivity contribution in [2.75, 3.05) is 41.3 Å². The lowest BCUT2D eigenvalue weighted by molar-refractivity contribution is 0.0979. The molecule has 3 unspecified atom stereocenters. The Morgan fingerprint density at radius 2 is 1.77 bits per heavy atom. The molecule has 2 saturated carbocycles. The van der Waals surface area contributed by atoms with E-state index in [9.17, 15) is 21.6 Å². The number of nitrogens with one attached hydrogen (secondary N) is 1. The minimum atomic E-state index is -4.00. The number of aromatic nitrogens is 1. The van der Waals surface area contributed by atoms with E-state index >= 15 is 0 Å². The summed E-state index contributed by atoms with van der Waals surface area (Å²) in [5.74, 6) is 0.0741. The van der Waals surface area contributed by atoms with Crippen molar-refractivity contribution in [2.45, 2.75) is 80.2 Å². The van der Waals surface area contributed by atoms with Gasteiger partial charge >= 0.3 is 10.2 Å². The molecule has 1 amide bonds. The summed E-state index contributed by atoms with van der Waals surface area (Å²) >= 11 is 0. The maximum absolute atomic E-state index is 14.9. The van der Waals surface area contributed by atoms with Crippen LogP contribution in [-0.2, 0) is 26.8 Å². The molecule has 2 aliphatic carbocycles. The number of likely N-dealkylation sites (tertiary alicyclic amines) is 1. The molecule has 1 N–H and O–H groups in total. The molecule has 11 nitrogen and oxygen atoms in total. The van der Waals surface area contributed by atoms with Crippen LogP contribution in [0.15, 0.2) is 36.4 Å². The molecule has 13 heteroatoms. The van der Waals surface area contributed by atoms with E-state index in [-0.39, 0.29) is 36.0 Å². The predicted molar refractivity (Wildman–Crippen MR) is 180 cm³/mol. The second kappa shape index (κ2) is 10.8. The Morgan fingerprint density at radius 1 is 1.00 bits per heavy atom. The highest BCUT2D eigenvalue weighted by atomic mass is 32.2. The van der Waals surface area contributed by atoms with E-state index < -0.39 is 30.9 Å². The van der Waals surface area contributed by atoms with Gasteiger partial charge < -0.3 is 14.2 Å². The van der Waals surface area contributed by atoms with Crippen LogP contribution >= 0.6 is 0 Å². The van der Waals surface area contributed by atoms with E-state index in [1.165, 1.54) is 26.1 Å². The van der Waals surface area contributed by atoms with E-state index in [0.717, 1.165) is 70.7 Å². The smallest absolute Gasteiger partial charge is 0.303 e. The molecule has 2 bridgehead atoms. The third kappa shape index (κ3) is 4.63. The van der Waals surface area contributed by atoms with Gasteiger partial charge in [-0.25, -0.2) is 13.1 Å². The highest BCUT2D eigenvalue weighted by molar-refractivity contribution is 7.91. The van der Waals surface area contributed by atoms with Crippen LogP contribution in [0.4, 0.5) is 0 Å². The topological polar surface area (TPSA) is 121 Å². The number of hydrogen-bond acceptors (Lipinski definition) is 7. The van der Waals surface area contributed by atoms with Gasteiger partial charge in [-0.3, -0.25) is 4.79 Å². The first-order valence-electron chi connectivity index (χ1n) is 16.7. The van der Waals surface area contributed by atoms with Gasteiger partial charge in [0, 0.05) is 73.8 Å². The number of carbonyl (C=O) groups excluding carboxylic acids is 1. The molecular weight excluding hydrogens is 639 g/mol. The maximum Gasteiger partial charge on any atom is 0.303 e. The lowest BCUT2D eigenvalue weighted by atomic mass is 9.81. The molecule has 8 rings (SSSR count). The number of methoxy groups -OCH3 is 1. The number of fused-ring (bicyclic) bond motifs is 9. The Morgan fingerprint density at radius 3 is 2.43 bits per heavy atom. The summed E-state index contributed by atoms with van der Waals surface area (Å²) in [6.07, 6.45) is 6.90. The number of carbonyl (C=O) groups is 1.